The maximum atomic E-state index is 13.2. The van der Waals surface area contributed by atoms with Crippen LogP contribution in [0.5, 0.6) is 0 Å². The van der Waals surface area contributed by atoms with Crippen LogP contribution in [0.15, 0.2) is 29.2 Å². The van der Waals surface area contributed by atoms with Crippen LogP contribution < -0.4 is 4.72 Å². The molecule has 3 unspecified atom stereocenters. The van der Waals surface area contributed by atoms with Crippen molar-refractivity contribution in [3.8, 4) is 0 Å². The summed E-state index contributed by atoms with van der Waals surface area (Å²) in [6, 6.07) is 4.81. The minimum absolute atomic E-state index is 0.0505. The van der Waals surface area contributed by atoms with Crippen LogP contribution in [0.3, 0.4) is 0 Å². The zero-order valence-electron chi connectivity index (χ0n) is 11.5. The van der Waals surface area contributed by atoms with Crippen LogP contribution >= 0.6 is 0 Å². The Hall–Kier alpha value is -1.02. The van der Waals surface area contributed by atoms with Gasteiger partial charge in [0.05, 0.1) is 30.3 Å². The van der Waals surface area contributed by atoms with Gasteiger partial charge in [0.2, 0.25) is 10.0 Å². The third-order valence-corrected chi connectivity index (χ3v) is 5.42. The summed E-state index contributed by atoms with van der Waals surface area (Å²) >= 11 is 0. The molecule has 1 aliphatic carbocycles. The van der Waals surface area contributed by atoms with Gasteiger partial charge in [-0.3, -0.25) is 0 Å². The van der Waals surface area contributed by atoms with Crippen molar-refractivity contribution in [3.63, 3.8) is 0 Å². The molecule has 21 heavy (non-hydrogen) atoms. The van der Waals surface area contributed by atoms with Crippen LogP contribution in [-0.4, -0.2) is 39.9 Å². The minimum Gasteiger partial charge on any atom is -0.373 e. The highest BCUT2D eigenvalue weighted by molar-refractivity contribution is 7.89. The van der Waals surface area contributed by atoms with E-state index >= 15 is 0 Å². The molecule has 0 radical (unpaired) electrons. The molecule has 1 aromatic carbocycles. The van der Waals surface area contributed by atoms with Gasteiger partial charge in [-0.2, -0.15) is 0 Å². The quantitative estimate of drug-likeness (QED) is 0.917. The van der Waals surface area contributed by atoms with Crippen molar-refractivity contribution in [1.82, 2.24) is 4.72 Å². The lowest BCUT2D eigenvalue weighted by Gasteiger charge is -2.38. The largest absolute Gasteiger partial charge is 0.373 e. The summed E-state index contributed by atoms with van der Waals surface area (Å²) in [5, 5.41) is 0. The molecule has 0 aromatic heterocycles. The number of hydrogen-bond donors (Lipinski definition) is 1. The Bertz CT molecular complexity index is 607. The number of nitrogens with one attached hydrogen (secondary N) is 1. The maximum Gasteiger partial charge on any atom is 0.240 e. The summed E-state index contributed by atoms with van der Waals surface area (Å²) in [7, 11) is -3.71. The molecule has 3 atom stereocenters. The van der Waals surface area contributed by atoms with E-state index in [0.29, 0.717) is 26.1 Å². The first kappa shape index (κ1) is 14.9. The molecule has 5 nitrogen and oxygen atoms in total. The molecule has 3 rings (SSSR count). The summed E-state index contributed by atoms with van der Waals surface area (Å²) < 4.78 is 51.6. The normalized spacial score (nSPS) is 29.9. The topological polar surface area (TPSA) is 64.6 Å². The van der Waals surface area contributed by atoms with Gasteiger partial charge in [0.15, 0.2) is 0 Å². The lowest BCUT2D eigenvalue weighted by atomic mass is 9.90. The van der Waals surface area contributed by atoms with Gasteiger partial charge in [-0.05, 0) is 37.5 Å². The number of halogens is 1. The van der Waals surface area contributed by atoms with Crippen molar-refractivity contribution in [3.05, 3.63) is 30.1 Å². The van der Waals surface area contributed by atoms with E-state index in [9.17, 15) is 12.8 Å². The van der Waals surface area contributed by atoms with Crippen molar-refractivity contribution in [2.24, 2.45) is 0 Å². The van der Waals surface area contributed by atoms with E-state index in [2.05, 4.69) is 4.72 Å². The second-order valence-corrected chi connectivity index (χ2v) is 7.12. The molecular formula is C14H18FNO4S. The maximum absolute atomic E-state index is 13.2. The van der Waals surface area contributed by atoms with Crippen molar-refractivity contribution in [1.29, 1.82) is 0 Å². The molecule has 116 valence electrons. The number of hydrogen-bond acceptors (Lipinski definition) is 4. The smallest absolute Gasteiger partial charge is 0.240 e. The molecule has 1 heterocycles. The Balaban J connectivity index is 1.68. The monoisotopic (exact) mass is 315 g/mol. The Morgan fingerprint density at radius 3 is 2.67 bits per heavy atom. The first-order chi connectivity index (χ1) is 10.0. The Morgan fingerprint density at radius 2 is 1.90 bits per heavy atom. The van der Waals surface area contributed by atoms with Gasteiger partial charge in [-0.1, -0.05) is 6.07 Å². The highest BCUT2D eigenvalue weighted by Gasteiger charge is 2.35. The van der Waals surface area contributed by atoms with Crippen LogP contribution in [0.4, 0.5) is 4.39 Å². The van der Waals surface area contributed by atoms with E-state index < -0.39 is 15.8 Å². The van der Waals surface area contributed by atoms with Gasteiger partial charge in [0.1, 0.15) is 5.82 Å². The summed E-state index contributed by atoms with van der Waals surface area (Å²) in [5.41, 5.74) is 0. The van der Waals surface area contributed by atoms with Crippen molar-refractivity contribution >= 4 is 10.0 Å². The van der Waals surface area contributed by atoms with Crippen molar-refractivity contribution < 1.29 is 22.3 Å². The zero-order valence-corrected chi connectivity index (χ0v) is 12.3. The van der Waals surface area contributed by atoms with Crippen LogP contribution in [0.2, 0.25) is 0 Å². The predicted molar refractivity (Wildman–Crippen MR) is 73.8 cm³/mol. The SMILES string of the molecule is O=S(=O)(NC1CCC2OCCOC2C1)c1cccc(F)c1. The third-order valence-electron chi connectivity index (χ3n) is 3.91. The summed E-state index contributed by atoms with van der Waals surface area (Å²) in [6.07, 6.45) is 2.04. The number of rotatable bonds is 3. The molecule has 1 saturated heterocycles. The standard InChI is InChI=1S/C14H18FNO4S/c15-10-2-1-3-12(8-10)21(17,18)16-11-4-5-13-14(9-11)20-7-6-19-13/h1-3,8,11,13-14,16H,4-7,9H2. The van der Waals surface area contributed by atoms with Gasteiger partial charge < -0.3 is 9.47 Å². The Labute approximate surface area is 123 Å². The third kappa shape index (κ3) is 3.42. The average Bonchev–Trinajstić information content (AvgIpc) is 2.47. The number of sulfonamides is 1. The van der Waals surface area contributed by atoms with Gasteiger partial charge >= 0.3 is 0 Å². The van der Waals surface area contributed by atoms with Crippen molar-refractivity contribution in [2.75, 3.05) is 13.2 Å². The van der Waals surface area contributed by atoms with Gasteiger partial charge in [0.25, 0.3) is 0 Å². The lowest BCUT2D eigenvalue weighted by Crippen LogP contribution is -2.49. The first-order valence-electron chi connectivity index (χ1n) is 7.06. The van der Waals surface area contributed by atoms with E-state index in [-0.39, 0.29) is 23.1 Å². The second-order valence-electron chi connectivity index (χ2n) is 5.41. The molecule has 0 bridgehead atoms. The number of ether oxygens (including phenoxy) is 2. The molecule has 1 aromatic rings. The lowest BCUT2D eigenvalue weighted by molar-refractivity contribution is -0.156. The van der Waals surface area contributed by atoms with E-state index in [0.717, 1.165) is 12.5 Å². The van der Waals surface area contributed by atoms with Crippen LogP contribution in [0.25, 0.3) is 0 Å². The first-order valence-corrected chi connectivity index (χ1v) is 8.54. The number of benzene rings is 1. The van der Waals surface area contributed by atoms with E-state index in [1.807, 2.05) is 0 Å². The second kappa shape index (κ2) is 6.00. The average molecular weight is 315 g/mol. The van der Waals surface area contributed by atoms with Crippen LogP contribution in [-0.2, 0) is 19.5 Å². The highest BCUT2D eigenvalue weighted by atomic mass is 32.2. The van der Waals surface area contributed by atoms with E-state index in [1.165, 1.54) is 18.2 Å². The van der Waals surface area contributed by atoms with E-state index in [1.54, 1.807) is 0 Å². The van der Waals surface area contributed by atoms with Crippen LogP contribution in [0.1, 0.15) is 19.3 Å². The fraction of sp³-hybridized carbons (Fsp3) is 0.571. The molecule has 1 aliphatic heterocycles. The van der Waals surface area contributed by atoms with Crippen molar-refractivity contribution in [2.45, 2.75) is 42.4 Å². The predicted octanol–water partition coefficient (Wildman–Crippen LogP) is 1.44. The molecular weight excluding hydrogens is 297 g/mol. The minimum atomic E-state index is -3.71. The molecule has 7 heteroatoms. The van der Waals surface area contributed by atoms with E-state index in [4.69, 9.17) is 9.47 Å². The summed E-state index contributed by atoms with van der Waals surface area (Å²) in [5.74, 6) is -0.564. The summed E-state index contributed by atoms with van der Waals surface area (Å²) in [4.78, 5) is -0.0505. The van der Waals surface area contributed by atoms with Gasteiger partial charge in [-0.25, -0.2) is 17.5 Å². The van der Waals surface area contributed by atoms with Gasteiger partial charge in [-0.15, -0.1) is 0 Å². The molecule has 2 fully saturated rings. The zero-order chi connectivity index (χ0) is 14.9. The summed E-state index contributed by atoms with van der Waals surface area (Å²) in [6.45, 7) is 1.14. The fourth-order valence-electron chi connectivity index (χ4n) is 2.90. The Morgan fingerprint density at radius 1 is 1.14 bits per heavy atom. The molecule has 0 amide bonds. The molecule has 0 spiro atoms. The number of fused-ring (bicyclic) bond motifs is 1. The molecule has 1 saturated carbocycles. The molecule has 1 N–H and O–H groups in total. The van der Waals surface area contributed by atoms with Gasteiger partial charge in [0, 0.05) is 6.04 Å². The van der Waals surface area contributed by atoms with Crippen LogP contribution in [0, 0.1) is 5.82 Å². The molecule has 2 aliphatic rings. The Kier molecular flexibility index (Phi) is 4.26. The highest BCUT2D eigenvalue weighted by Crippen LogP contribution is 2.27. The fourth-order valence-corrected chi connectivity index (χ4v) is 4.21.